The first-order valence-corrected chi connectivity index (χ1v) is 10.6. The van der Waals surface area contributed by atoms with Crippen LogP contribution in [0.2, 0.25) is 0 Å². The van der Waals surface area contributed by atoms with Crippen LogP contribution < -0.4 is 10.2 Å². The van der Waals surface area contributed by atoms with Crippen LogP contribution >= 0.6 is 11.3 Å². The predicted octanol–water partition coefficient (Wildman–Crippen LogP) is 5.78. The Morgan fingerprint density at radius 2 is 1.77 bits per heavy atom. The molecular weight excluding hydrogens is 392 g/mol. The van der Waals surface area contributed by atoms with Crippen LogP contribution in [0.4, 0.5) is 5.13 Å². The van der Waals surface area contributed by atoms with Gasteiger partial charge in [-0.15, -0.1) is 0 Å². The molecule has 0 radical (unpaired) electrons. The van der Waals surface area contributed by atoms with E-state index in [9.17, 15) is 0 Å². The lowest BCUT2D eigenvalue weighted by molar-refractivity contribution is 0.300. The Balaban J connectivity index is 1.32. The van der Waals surface area contributed by atoms with Crippen molar-refractivity contribution in [2.24, 2.45) is 5.10 Å². The summed E-state index contributed by atoms with van der Waals surface area (Å²) in [4.78, 5) is 4.55. The number of anilines is 1. The van der Waals surface area contributed by atoms with E-state index < -0.39 is 0 Å². The molecule has 0 spiro atoms. The third kappa shape index (κ3) is 3.90. The quantitative estimate of drug-likeness (QED) is 0.272. The molecule has 1 N–H and O–H groups in total. The van der Waals surface area contributed by atoms with Crippen LogP contribution in [0.25, 0.3) is 21.1 Å². The third-order valence-electron chi connectivity index (χ3n) is 4.82. The van der Waals surface area contributed by atoms with Crippen LogP contribution in [0.5, 0.6) is 5.75 Å². The summed E-state index contributed by atoms with van der Waals surface area (Å²) in [5.74, 6) is 0.885. The number of rotatable bonds is 7. The highest BCUT2D eigenvalue weighted by atomic mass is 32.1. The van der Waals surface area contributed by atoms with Gasteiger partial charge >= 0.3 is 0 Å². The van der Waals surface area contributed by atoms with Gasteiger partial charge in [0, 0.05) is 22.7 Å². The number of fused-ring (bicyclic) bond motifs is 2. The molecule has 5 aromatic rings. The van der Waals surface area contributed by atoms with Crippen molar-refractivity contribution in [1.29, 1.82) is 0 Å². The standard InChI is InChI=1S/C24H20N4OS/c1-2-8-19(9-3-1)29-15-14-28-17-18(20-10-4-6-12-22(20)28)16-25-27-24-26-21-11-5-7-13-23(21)30-24/h1-13,16-17H,14-15H2,(H,26,27)/b25-16-. The molecule has 0 aliphatic rings. The fourth-order valence-corrected chi connectivity index (χ4v) is 4.23. The van der Waals surface area contributed by atoms with E-state index >= 15 is 0 Å². The average Bonchev–Trinajstić information content (AvgIpc) is 3.36. The highest BCUT2D eigenvalue weighted by molar-refractivity contribution is 7.22. The van der Waals surface area contributed by atoms with Crippen LogP contribution in [-0.2, 0) is 6.54 Å². The molecule has 0 aliphatic heterocycles. The molecule has 5 nitrogen and oxygen atoms in total. The number of hydrogen-bond donors (Lipinski definition) is 1. The van der Waals surface area contributed by atoms with Crippen molar-refractivity contribution in [3.8, 4) is 5.75 Å². The van der Waals surface area contributed by atoms with E-state index in [4.69, 9.17) is 4.74 Å². The number of hydrazone groups is 1. The van der Waals surface area contributed by atoms with Crippen LogP contribution in [0.15, 0.2) is 90.2 Å². The average molecular weight is 413 g/mol. The van der Waals surface area contributed by atoms with E-state index in [1.807, 2.05) is 60.8 Å². The van der Waals surface area contributed by atoms with Gasteiger partial charge in [-0.1, -0.05) is 59.9 Å². The van der Waals surface area contributed by atoms with Crippen LogP contribution in [-0.4, -0.2) is 22.4 Å². The van der Waals surface area contributed by atoms with Crippen molar-refractivity contribution in [1.82, 2.24) is 9.55 Å². The predicted molar refractivity (Wildman–Crippen MR) is 125 cm³/mol. The van der Waals surface area contributed by atoms with E-state index in [0.717, 1.165) is 44.1 Å². The second-order valence-corrected chi connectivity index (χ2v) is 7.84. The zero-order valence-corrected chi connectivity index (χ0v) is 17.0. The highest BCUT2D eigenvalue weighted by Crippen LogP contribution is 2.25. The second kappa shape index (κ2) is 8.39. The number of ether oxygens (including phenoxy) is 1. The van der Waals surface area contributed by atoms with Gasteiger partial charge in [-0.2, -0.15) is 5.10 Å². The second-order valence-electron chi connectivity index (χ2n) is 6.81. The smallest absolute Gasteiger partial charge is 0.204 e. The summed E-state index contributed by atoms with van der Waals surface area (Å²) in [6, 6.07) is 26.3. The fraction of sp³-hybridized carbons (Fsp3) is 0.0833. The first-order chi connectivity index (χ1) is 14.9. The van der Waals surface area contributed by atoms with Crippen molar-refractivity contribution in [2.45, 2.75) is 6.54 Å². The Hall–Kier alpha value is -3.64. The molecule has 2 heterocycles. The van der Waals surface area contributed by atoms with Crippen molar-refractivity contribution < 1.29 is 4.74 Å². The maximum absolute atomic E-state index is 5.86. The van der Waals surface area contributed by atoms with Gasteiger partial charge in [-0.05, 0) is 30.3 Å². The van der Waals surface area contributed by atoms with Crippen molar-refractivity contribution in [3.05, 3.63) is 90.6 Å². The summed E-state index contributed by atoms with van der Waals surface area (Å²) in [5, 5.41) is 6.37. The number of benzene rings is 3. The zero-order valence-electron chi connectivity index (χ0n) is 16.2. The SMILES string of the molecule is C(=N/Nc1nc2ccccc2s1)/c1cn(CCOc2ccccc2)c2ccccc12. The number of nitrogens with one attached hydrogen (secondary N) is 1. The minimum Gasteiger partial charge on any atom is -0.492 e. The largest absolute Gasteiger partial charge is 0.492 e. The number of thiazole rings is 1. The van der Waals surface area contributed by atoms with Crippen molar-refractivity contribution >= 4 is 43.8 Å². The van der Waals surface area contributed by atoms with Crippen LogP contribution in [0, 0.1) is 0 Å². The summed E-state index contributed by atoms with van der Waals surface area (Å²) >= 11 is 1.59. The van der Waals surface area contributed by atoms with Crippen LogP contribution in [0.3, 0.4) is 0 Å². The molecule has 0 saturated heterocycles. The van der Waals surface area contributed by atoms with E-state index in [-0.39, 0.29) is 0 Å². The van der Waals surface area contributed by atoms with Gasteiger partial charge in [0.25, 0.3) is 0 Å². The minimum absolute atomic E-state index is 0.600. The number of nitrogens with zero attached hydrogens (tertiary/aromatic N) is 3. The third-order valence-corrected chi connectivity index (χ3v) is 5.76. The van der Waals surface area contributed by atoms with E-state index in [1.54, 1.807) is 11.3 Å². The molecule has 0 amide bonds. The molecule has 0 aliphatic carbocycles. The Bertz CT molecular complexity index is 1270. The molecule has 6 heteroatoms. The molecule has 0 unspecified atom stereocenters. The van der Waals surface area contributed by atoms with Gasteiger partial charge in [-0.3, -0.25) is 5.43 Å². The summed E-state index contributed by atoms with van der Waals surface area (Å²) in [6.45, 7) is 1.36. The Morgan fingerprint density at radius 1 is 0.967 bits per heavy atom. The Kier molecular flexibility index (Phi) is 5.14. The molecule has 0 saturated carbocycles. The molecule has 3 aromatic carbocycles. The topological polar surface area (TPSA) is 51.4 Å². The summed E-state index contributed by atoms with van der Waals surface area (Å²) < 4.78 is 9.21. The molecule has 2 aromatic heterocycles. The Morgan fingerprint density at radius 3 is 2.67 bits per heavy atom. The molecule has 30 heavy (non-hydrogen) atoms. The molecule has 148 valence electrons. The minimum atomic E-state index is 0.600. The molecular formula is C24H20N4OS. The monoisotopic (exact) mass is 412 g/mol. The van der Waals surface area contributed by atoms with Crippen molar-refractivity contribution in [3.63, 3.8) is 0 Å². The first kappa shape index (κ1) is 18.4. The van der Waals surface area contributed by atoms with Crippen LogP contribution in [0.1, 0.15) is 5.56 Å². The maximum Gasteiger partial charge on any atom is 0.204 e. The highest BCUT2D eigenvalue weighted by Gasteiger charge is 2.07. The zero-order chi connectivity index (χ0) is 20.2. The summed E-state index contributed by atoms with van der Waals surface area (Å²) in [5.41, 5.74) is 6.26. The van der Waals surface area contributed by atoms with Gasteiger partial charge in [0.15, 0.2) is 0 Å². The molecule has 0 bridgehead atoms. The van der Waals surface area contributed by atoms with Gasteiger partial charge in [0.2, 0.25) is 5.13 Å². The first-order valence-electron chi connectivity index (χ1n) is 9.77. The van der Waals surface area contributed by atoms with E-state index in [0.29, 0.717) is 6.61 Å². The normalized spacial score (nSPS) is 11.5. The van der Waals surface area contributed by atoms with Gasteiger partial charge in [0.1, 0.15) is 12.4 Å². The maximum atomic E-state index is 5.86. The number of aromatic nitrogens is 2. The summed E-state index contributed by atoms with van der Waals surface area (Å²) in [7, 11) is 0. The van der Waals surface area contributed by atoms with Gasteiger partial charge in [0.05, 0.1) is 23.0 Å². The van der Waals surface area contributed by atoms with Gasteiger partial charge < -0.3 is 9.30 Å². The molecule has 0 atom stereocenters. The van der Waals surface area contributed by atoms with Crippen molar-refractivity contribution in [2.75, 3.05) is 12.0 Å². The van der Waals surface area contributed by atoms with E-state index in [2.05, 4.69) is 50.5 Å². The number of hydrogen-bond acceptors (Lipinski definition) is 5. The fourth-order valence-electron chi connectivity index (χ4n) is 3.42. The lowest BCUT2D eigenvalue weighted by atomic mass is 10.2. The lowest BCUT2D eigenvalue weighted by Gasteiger charge is -2.08. The summed E-state index contributed by atoms with van der Waals surface area (Å²) in [6.07, 6.45) is 3.96. The number of para-hydroxylation sites is 3. The van der Waals surface area contributed by atoms with E-state index in [1.165, 1.54) is 0 Å². The molecule has 0 fully saturated rings. The molecule has 5 rings (SSSR count). The van der Waals surface area contributed by atoms with Gasteiger partial charge in [-0.25, -0.2) is 4.98 Å². The Labute approximate surface area is 178 Å². The lowest BCUT2D eigenvalue weighted by Crippen LogP contribution is -2.07.